The second-order valence-electron chi connectivity index (χ2n) is 4.45. The van der Waals surface area contributed by atoms with Gasteiger partial charge in [-0.15, -0.1) is 5.90 Å². The first-order valence-corrected chi connectivity index (χ1v) is 6.13. The van der Waals surface area contributed by atoms with Crippen molar-refractivity contribution in [1.29, 1.82) is 5.26 Å². The minimum Gasteiger partial charge on any atom is -0.397 e. The molecule has 23 heavy (non-hydrogen) atoms. The number of hydrogen-bond donors (Lipinski definition) is 2. The quantitative estimate of drug-likeness (QED) is 0.655. The summed E-state index contributed by atoms with van der Waals surface area (Å²) in [5, 5.41) is 12.4. The second kappa shape index (κ2) is 5.98. The van der Waals surface area contributed by atoms with E-state index < -0.39 is 11.7 Å². The largest absolute Gasteiger partial charge is 0.416 e. The number of allylic oxidation sites excluding steroid dienone is 1. The topological polar surface area (TPSA) is 115 Å². The lowest BCUT2D eigenvalue weighted by Gasteiger charge is -2.07. The number of alkyl halides is 3. The van der Waals surface area contributed by atoms with Crippen LogP contribution in [0.15, 0.2) is 35.6 Å². The molecule has 2 aromatic rings. The van der Waals surface area contributed by atoms with E-state index in [1.807, 2.05) is 6.07 Å². The molecule has 1 aromatic carbocycles. The number of benzene rings is 1. The molecule has 0 fully saturated rings. The normalized spacial score (nSPS) is 12.2. The summed E-state index contributed by atoms with van der Waals surface area (Å²) in [6.07, 6.45) is -4.51. The lowest BCUT2D eigenvalue weighted by molar-refractivity contribution is -0.137. The predicted octanol–water partition coefficient (Wildman–Crippen LogP) is 1.65. The average molecular weight is 324 g/mol. The molecule has 0 amide bonds. The number of nitriles is 1. The minimum absolute atomic E-state index is 0.0241. The van der Waals surface area contributed by atoms with Crippen LogP contribution < -0.4 is 11.6 Å². The van der Waals surface area contributed by atoms with Crippen molar-refractivity contribution in [2.24, 2.45) is 16.8 Å². The van der Waals surface area contributed by atoms with Gasteiger partial charge in [0.2, 0.25) is 0 Å². The van der Waals surface area contributed by atoms with Gasteiger partial charge in [-0.3, -0.25) is 0 Å². The van der Waals surface area contributed by atoms with Crippen molar-refractivity contribution in [2.45, 2.75) is 12.7 Å². The molecule has 0 aliphatic rings. The van der Waals surface area contributed by atoms with Gasteiger partial charge < -0.3 is 15.2 Å². The van der Waals surface area contributed by atoms with Gasteiger partial charge in [-0.1, -0.05) is 11.7 Å². The number of nitrogens with zero attached hydrogens (tertiary/aromatic N) is 4. The zero-order valence-corrected chi connectivity index (χ0v) is 11.6. The highest BCUT2D eigenvalue weighted by Gasteiger charge is 2.31. The molecule has 4 N–H and O–H groups in total. The van der Waals surface area contributed by atoms with Crippen LogP contribution >= 0.6 is 0 Å². The fraction of sp³-hybridized carbons (Fsp3) is 0.154. The lowest BCUT2D eigenvalue weighted by atomic mass is 10.2. The number of aromatic nitrogens is 2. The smallest absolute Gasteiger partial charge is 0.397 e. The Labute approximate surface area is 128 Å². The molecule has 1 aromatic heterocycles. The van der Waals surface area contributed by atoms with E-state index in [9.17, 15) is 13.2 Å². The van der Waals surface area contributed by atoms with Gasteiger partial charge in [0.25, 0.3) is 0 Å². The third kappa shape index (κ3) is 3.09. The Hall–Kier alpha value is -3.06. The van der Waals surface area contributed by atoms with Gasteiger partial charge in [0.05, 0.1) is 28.4 Å². The van der Waals surface area contributed by atoms with Crippen LogP contribution in [0.25, 0.3) is 11.0 Å². The van der Waals surface area contributed by atoms with Gasteiger partial charge in [-0.2, -0.15) is 18.4 Å². The van der Waals surface area contributed by atoms with Crippen LogP contribution in [-0.2, 0) is 17.7 Å². The maximum atomic E-state index is 12.8. The van der Waals surface area contributed by atoms with Gasteiger partial charge in [-0.05, 0) is 18.2 Å². The van der Waals surface area contributed by atoms with E-state index in [-0.39, 0.29) is 29.3 Å². The van der Waals surface area contributed by atoms with E-state index in [1.165, 1.54) is 10.6 Å². The summed E-state index contributed by atoms with van der Waals surface area (Å²) in [6.45, 7) is 3.29. The van der Waals surface area contributed by atoms with Crippen molar-refractivity contribution in [3.63, 3.8) is 0 Å². The van der Waals surface area contributed by atoms with Crippen LogP contribution in [0, 0.1) is 11.3 Å². The van der Waals surface area contributed by atoms with Crippen molar-refractivity contribution in [1.82, 2.24) is 9.55 Å². The summed E-state index contributed by atoms with van der Waals surface area (Å²) in [5.74, 6) is 4.90. The Morgan fingerprint density at radius 3 is 2.70 bits per heavy atom. The van der Waals surface area contributed by atoms with Crippen molar-refractivity contribution >= 4 is 16.7 Å². The average Bonchev–Trinajstić information content (AvgIpc) is 2.81. The Morgan fingerprint density at radius 1 is 1.48 bits per heavy atom. The molecule has 0 bridgehead atoms. The molecule has 0 unspecified atom stereocenters. The highest BCUT2D eigenvalue weighted by atomic mass is 19.4. The molecular formula is C13H11F3N6O. The summed E-state index contributed by atoms with van der Waals surface area (Å²) < 4.78 is 39.7. The first-order valence-electron chi connectivity index (χ1n) is 6.13. The van der Waals surface area contributed by atoms with E-state index in [4.69, 9.17) is 16.9 Å². The lowest BCUT2D eigenvalue weighted by Crippen LogP contribution is -2.18. The first kappa shape index (κ1) is 16.3. The fourth-order valence-corrected chi connectivity index (χ4v) is 2.01. The van der Waals surface area contributed by atoms with E-state index in [0.717, 1.165) is 12.1 Å². The van der Waals surface area contributed by atoms with Crippen molar-refractivity contribution in [2.75, 3.05) is 0 Å². The third-order valence-corrected chi connectivity index (χ3v) is 2.96. The number of imidazole rings is 1. The van der Waals surface area contributed by atoms with Crippen molar-refractivity contribution < 1.29 is 18.1 Å². The van der Waals surface area contributed by atoms with E-state index >= 15 is 0 Å². The van der Waals surface area contributed by atoms with Crippen LogP contribution in [-0.4, -0.2) is 15.3 Å². The van der Waals surface area contributed by atoms with Gasteiger partial charge in [-0.25, -0.2) is 4.98 Å². The highest BCUT2D eigenvalue weighted by molar-refractivity contribution is 6.10. The van der Waals surface area contributed by atoms with Gasteiger partial charge >= 0.3 is 6.18 Å². The Bertz CT molecular complexity index is 831. The molecule has 10 heteroatoms. The summed E-state index contributed by atoms with van der Waals surface area (Å²) in [6, 6.07) is 4.87. The Balaban J connectivity index is 2.74. The van der Waals surface area contributed by atoms with Gasteiger partial charge in [0.15, 0.2) is 11.5 Å². The molecule has 120 valence electrons. The molecule has 0 radical (unpaired) electrons. The van der Waals surface area contributed by atoms with Crippen molar-refractivity contribution in [3.05, 3.63) is 41.9 Å². The first-order chi connectivity index (χ1) is 10.8. The van der Waals surface area contributed by atoms with Crippen LogP contribution in [0.2, 0.25) is 0 Å². The molecule has 0 saturated heterocycles. The number of fused-ring (bicyclic) bond motifs is 1. The van der Waals surface area contributed by atoms with Crippen LogP contribution in [0.5, 0.6) is 0 Å². The number of halogens is 3. The molecule has 0 aliphatic carbocycles. The summed E-state index contributed by atoms with van der Waals surface area (Å²) in [5.41, 5.74) is 4.89. The summed E-state index contributed by atoms with van der Waals surface area (Å²) in [7, 11) is 0. The number of hydrogen-bond acceptors (Lipinski definition) is 6. The van der Waals surface area contributed by atoms with Crippen LogP contribution in [0.3, 0.4) is 0 Å². The number of oxime groups is 1. The molecular weight excluding hydrogens is 313 g/mol. The van der Waals surface area contributed by atoms with E-state index in [2.05, 4.69) is 21.7 Å². The van der Waals surface area contributed by atoms with Crippen LogP contribution in [0.1, 0.15) is 11.4 Å². The Morgan fingerprint density at radius 2 is 2.17 bits per heavy atom. The number of rotatable bonds is 4. The molecule has 0 spiro atoms. The maximum absolute atomic E-state index is 12.8. The van der Waals surface area contributed by atoms with Gasteiger partial charge in [0.1, 0.15) is 6.54 Å². The van der Waals surface area contributed by atoms with E-state index in [1.54, 1.807) is 0 Å². The van der Waals surface area contributed by atoms with Crippen LogP contribution in [0.4, 0.5) is 13.2 Å². The SMILES string of the molecule is C=C(N)/C(=N\ON)c1nc2cc(C(F)(F)F)ccc2n1CC#N. The van der Waals surface area contributed by atoms with Gasteiger partial charge in [0, 0.05) is 0 Å². The number of nitrogens with two attached hydrogens (primary N) is 2. The summed E-state index contributed by atoms with van der Waals surface area (Å²) in [4.78, 5) is 8.21. The standard InChI is InChI=1S/C13H11F3N6O/c1-7(18)11(21-23-19)12-20-9-6-8(13(14,15)16)2-3-10(9)22(12)5-4-17/h2-3,6H,1,5,18-19H2/b21-11+. The fourth-order valence-electron chi connectivity index (χ4n) is 2.01. The third-order valence-electron chi connectivity index (χ3n) is 2.96. The maximum Gasteiger partial charge on any atom is 0.416 e. The molecule has 7 nitrogen and oxygen atoms in total. The molecule has 2 rings (SSSR count). The molecule has 0 saturated carbocycles. The zero-order chi connectivity index (χ0) is 17.2. The highest BCUT2D eigenvalue weighted by Crippen LogP contribution is 2.31. The molecule has 0 aliphatic heterocycles. The monoisotopic (exact) mass is 324 g/mol. The summed E-state index contributed by atoms with van der Waals surface area (Å²) >= 11 is 0. The molecule has 0 atom stereocenters. The second-order valence-corrected chi connectivity index (χ2v) is 4.45. The minimum atomic E-state index is -4.51. The Kier molecular flexibility index (Phi) is 4.24. The zero-order valence-electron chi connectivity index (χ0n) is 11.6. The molecule has 1 heterocycles. The predicted molar refractivity (Wildman–Crippen MR) is 75.5 cm³/mol. The van der Waals surface area contributed by atoms with Crippen molar-refractivity contribution in [3.8, 4) is 6.07 Å². The van der Waals surface area contributed by atoms with E-state index in [0.29, 0.717) is 5.52 Å².